The fourth-order valence-corrected chi connectivity index (χ4v) is 5.07. The summed E-state index contributed by atoms with van der Waals surface area (Å²) in [6.07, 6.45) is 0. The highest BCUT2D eigenvalue weighted by atomic mass is 31.1. The molecule has 0 aliphatic heterocycles. The number of non-ortho nitro benzene ring substituents is 3. The minimum atomic E-state index is -1.48. The van der Waals surface area contributed by atoms with Crippen molar-refractivity contribution in [3.63, 3.8) is 0 Å². The van der Waals surface area contributed by atoms with Crippen molar-refractivity contribution in [2.75, 3.05) is 0 Å². The minimum absolute atomic E-state index is 0.124. The van der Waals surface area contributed by atoms with Crippen molar-refractivity contribution in [2.45, 2.75) is 0 Å². The van der Waals surface area contributed by atoms with E-state index in [-0.39, 0.29) is 17.1 Å². The predicted molar refractivity (Wildman–Crippen MR) is 105 cm³/mol. The summed E-state index contributed by atoms with van der Waals surface area (Å²) >= 11 is 0. The van der Waals surface area contributed by atoms with Gasteiger partial charge in [0.1, 0.15) is 0 Å². The SMILES string of the molecule is O=[N+]([O-])c1cccc(P(c2cccc([N+](=O)[O-])c2)c2cccc([N+](=O)[O-])c2)c1. The molecule has 28 heavy (non-hydrogen) atoms. The second-order valence-electron chi connectivity index (χ2n) is 5.67. The van der Waals surface area contributed by atoms with Crippen molar-refractivity contribution in [2.24, 2.45) is 0 Å². The van der Waals surface area contributed by atoms with E-state index in [1.807, 2.05) is 0 Å². The van der Waals surface area contributed by atoms with Crippen molar-refractivity contribution < 1.29 is 14.8 Å². The molecule has 9 nitrogen and oxygen atoms in total. The van der Waals surface area contributed by atoms with Gasteiger partial charge in [0.25, 0.3) is 17.1 Å². The number of nitrogens with zero attached hydrogens (tertiary/aromatic N) is 3. The number of hydrogen-bond donors (Lipinski definition) is 0. The quantitative estimate of drug-likeness (QED) is 0.357. The fraction of sp³-hybridized carbons (Fsp3) is 0. The Morgan fingerprint density at radius 2 is 0.821 bits per heavy atom. The van der Waals surface area contributed by atoms with Crippen LogP contribution in [-0.4, -0.2) is 14.8 Å². The third-order valence-corrected chi connectivity index (χ3v) is 6.28. The van der Waals surface area contributed by atoms with Gasteiger partial charge in [-0.3, -0.25) is 30.3 Å². The lowest BCUT2D eigenvalue weighted by molar-refractivity contribution is -0.384. The molecule has 0 saturated carbocycles. The van der Waals surface area contributed by atoms with Crippen molar-refractivity contribution in [3.8, 4) is 0 Å². The molecule has 0 aliphatic rings. The number of benzene rings is 3. The molecule has 0 aliphatic carbocycles. The Balaban J connectivity index is 2.22. The van der Waals surface area contributed by atoms with Crippen LogP contribution in [-0.2, 0) is 0 Å². The van der Waals surface area contributed by atoms with Crippen molar-refractivity contribution >= 4 is 40.9 Å². The Morgan fingerprint density at radius 3 is 1.07 bits per heavy atom. The molecular formula is C18H12N3O6P. The summed E-state index contributed by atoms with van der Waals surface area (Å²) in [4.78, 5) is 31.9. The van der Waals surface area contributed by atoms with Crippen LogP contribution >= 0.6 is 7.92 Å². The van der Waals surface area contributed by atoms with Crippen LogP contribution in [0.3, 0.4) is 0 Å². The van der Waals surface area contributed by atoms with Crippen LogP contribution in [0.4, 0.5) is 17.1 Å². The first-order chi connectivity index (χ1) is 13.4. The first-order valence-electron chi connectivity index (χ1n) is 7.90. The first-order valence-corrected chi connectivity index (χ1v) is 9.24. The standard InChI is InChI=1S/C18H12N3O6P/c22-19(23)13-4-1-7-16(10-13)28(17-8-2-5-14(11-17)20(24)25)18-9-3-6-15(12-18)21(26)27/h1-12H. The zero-order chi connectivity index (χ0) is 20.3. The Kier molecular flexibility index (Phi) is 5.37. The molecule has 0 fully saturated rings. The topological polar surface area (TPSA) is 129 Å². The summed E-state index contributed by atoms with van der Waals surface area (Å²) < 4.78 is 0. The number of nitro benzene ring substituents is 3. The van der Waals surface area contributed by atoms with Crippen molar-refractivity contribution in [1.82, 2.24) is 0 Å². The molecule has 3 aromatic carbocycles. The lowest BCUT2D eigenvalue weighted by Gasteiger charge is -2.18. The summed E-state index contributed by atoms with van der Waals surface area (Å²) in [5.41, 5.74) is -0.373. The van der Waals surface area contributed by atoms with E-state index in [1.54, 1.807) is 18.2 Å². The van der Waals surface area contributed by atoms with Crippen molar-refractivity contribution in [1.29, 1.82) is 0 Å². The van der Waals surface area contributed by atoms with Gasteiger partial charge in [-0.15, -0.1) is 0 Å². The van der Waals surface area contributed by atoms with E-state index < -0.39 is 22.7 Å². The van der Waals surface area contributed by atoms with Crippen LogP contribution < -0.4 is 15.9 Å². The van der Waals surface area contributed by atoms with Gasteiger partial charge in [-0.05, 0) is 23.8 Å². The van der Waals surface area contributed by atoms with Crippen LogP contribution in [0.5, 0.6) is 0 Å². The highest BCUT2D eigenvalue weighted by Gasteiger charge is 2.22. The second kappa shape index (κ2) is 7.89. The first kappa shape index (κ1) is 19.1. The van der Waals surface area contributed by atoms with E-state index in [4.69, 9.17) is 0 Å². The molecule has 0 amide bonds. The van der Waals surface area contributed by atoms with Crippen molar-refractivity contribution in [3.05, 3.63) is 103 Å². The minimum Gasteiger partial charge on any atom is -0.258 e. The molecule has 0 saturated heterocycles. The van der Waals surface area contributed by atoms with Gasteiger partial charge in [-0.25, -0.2) is 0 Å². The molecular weight excluding hydrogens is 385 g/mol. The fourth-order valence-electron chi connectivity index (χ4n) is 2.68. The molecule has 3 aromatic rings. The molecule has 0 bridgehead atoms. The van der Waals surface area contributed by atoms with Gasteiger partial charge in [0, 0.05) is 36.4 Å². The lowest BCUT2D eigenvalue weighted by Crippen LogP contribution is -2.21. The molecule has 0 radical (unpaired) electrons. The maximum absolute atomic E-state index is 11.2. The normalized spacial score (nSPS) is 10.6. The third kappa shape index (κ3) is 3.99. The third-order valence-electron chi connectivity index (χ3n) is 3.90. The zero-order valence-electron chi connectivity index (χ0n) is 14.2. The van der Waals surface area contributed by atoms with E-state index >= 15 is 0 Å². The van der Waals surface area contributed by atoms with Crippen LogP contribution in [0, 0.1) is 30.3 Å². The van der Waals surface area contributed by atoms with Crippen LogP contribution in [0.15, 0.2) is 72.8 Å². The second-order valence-corrected chi connectivity index (χ2v) is 7.89. The van der Waals surface area contributed by atoms with E-state index in [1.165, 1.54) is 54.6 Å². The molecule has 0 atom stereocenters. The van der Waals surface area contributed by atoms with Gasteiger partial charge < -0.3 is 0 Å². The van der Waals surface area contributed by atoms with E-state index in [9.17, 15) is 30.3 Å². The van der Waals surface area contributed by atoms with Gasteiger partial charge in [-0.2, -0.15) is 0 Å². The molecule has 0 spiro atoms. The van der Waals surface area contributed by atoms with Gasteiger partial charge >= 0.3 is 0 Å². The Hall–Kier alpha value is -3.71. The van der Waals surface area contributed by atoms with Gasteiger partial charge in [0.15, 0.2) is 0 Å². The van der Waals surface area contributed by atoms with Crippen LogP contribution in [0.2, 0.25) is 0 Å². The summed E-state index contributed by atoms with van der Waals surface area (Å²) in [5, 5.41) is 35.2. The summed E-state index contributed by atoms with van der Waals surface area (Å²) in [6.45, 7) is 0. The molecule has 0 aromatic heterocycles. The van der Waals surface area contributed by atoms with E-state index in [0.717, 1.165) is 0 Å². The summed E-state index contributed by atoms with van der Waals surface area (Å²) in [5.74, 6) is 0. The average Bonchev–Trinajstić information content (AvgIpc) is 2.69. The highest BCUT2D eigenvalue weighted by molar-refractivity contribution is 7.79. The largest absolute Gasteiger partial charge is 0.270 e. The average molecular weight is 397 g/mol. The molecule has 3 rings (SSSR count). The van der Waals surface area contributed by atoms with E-state index in [2.05, 4.69) is 0 Å². The molecule has 0 heterocycles. The molecule has 0 unspecified atom stereocenters. The summed E-state index contributed by atoms with van der Waals surface area (Å²) in [7, 11) is -1.48. The smallest absolute Gasteiger partial charge is 0.258 e. The lowest BCUT2D eigenvalue weighted by atomic mass is 10.3. The number of hydrogen-bond acceptors (Lipinski definition) is 6. The zero-order valence-corrected chi connectivity index (χ0v) is 15.1. The maximum atomic E-state index is 11.2. The Bertz CT molecular complexity index is 951. The van der Waals surface area contributed by atoms with Crippen LogP contribution in [0.25, 0.3) is 0 Å². The predicted octanol–water partition coefficient (Wildman–Crippen LogP) is 3.17. The Labute approximate surface area is 159 Å². The summed E-state index contributed by atoms with van der Waals surface area (Å²) in [6, 6.07) is 17.8. The maximum Gasteiger partial charge on any atom is 0.270 e. The number of rotatable bonds is 6. The van der Waals surface area contributed by atoms with E-state index in [0.29, 0.717) is 15.9 Å². The van der Waals surface area contributed by atoms with Crippen LogP contribution in [0.1, 0.15) is 0 Å². The monoisotopic (exact) mass is 397 g/mol. The molecule has 10 heteroatoms. The molecule has 140 valence electrons. The molecule has 0 N–H and O–H groups in total. The highest BCUT2D eigenvalue weighted by Crippen LogP contribution is 2.35. The van der Waals surface area contributed by atoms with Gasteiger partial charge in [-0.1, -0.05) is 36.4 Å². The Morgan fingerprint density at radius 1 is 0.536 bits per heavy atom. The van der Waals surface area contributed by atoms with Gasteiger partial charge in [0.05, 0.1) is 14.8 Å². The van der Waals surface area contributed by atoms with Gasteiger partial charge in [0.2, 0.25) is 0 Å². The number of nitro groups is 3.